The molecule has 24 heavy (non-hydrogen) atoms. The summed E-state index contributed by atoms with van der Waals surface area (Å²) in [6.07, 6.45) is 0.628. The van der Waals surface area contributed by atoms with Gasteiger partial charge in [0.25, 0.3) is 0 Å². The third-order valence-electron chi connectivity index (χ3n) is 4.92. The summed E-state index contributed by atoms with van der Waals surface area (Å²) in [6, 6.07) is 11.7. The van der Waals surface area contributed by atoms with E-state index in [-0.39, 0.29) is 17.9 Å². The summed E-state index contributed by atoms with van der Waals surface area (Å²) in [5.41, 5.74) is 2.01. The van der Waals surface area contributed by atoms with E-state index in [9.17, 15) is 13.2 Å². The van der Waals surface area contributed by atoms with Crippen LogP contribution in [0.4, 0.5) is 18.9 Å². The van der Waals surface area contributed by atoms with Crippen LogP contribution in [-0.2, 0) is 6.18 Å². The fraction of sp³-hybridized carbons (Fsp3) is 0.263. The number of nitrogens with one attached hydrogen (secondary N) is 1. The van der Waals surface area contributed by atoms with Crippen LogP contribution in [0.1, 0.15) is 35.1 Å². The van der Waals surface area contributed by atoms with E-state index in [0.717, 1.165) is 29.3 Å². The third kappa shape index (κ3) is 2.59. The van der Waals surface area contributed by atoms with Gasteiger partial charge in [0.2, 0.25) is 0 Å². The lowest BCUT2D eigenvalue weighted by Crippen LogP contribution is -2.29. The Morgan fingerprint density at radius 3 is 2.50 bits per heavy atom. The minimum Gasteiger partial charge on any atom is -0.378 e. The molecular weight excluding hydrogens is 335 g/mol. The van der Waals surface area contributed by atoms with Gasteiger partial charge in [0.15, 0.2) is 0 Å². The SMILES string of the molecule is FC(F)(F)c1ccc2c(c1)[C@@H]1C=CC[C@@H]1[C@@H](c1ccc(Cl)cc1)N2. The molecule has 2 aromatic carbocycles. The van der Waals surface area contributed by atoms with Crippen molar-refractivity contribution in [1.82, 2.24) is 0 Å². The highest BCUT2D eigenvalue weighted by Gasteiger charge is 2.39. The largest absolute Gasteiger partial charge is 0.416 e. The first-order valence-corrected chi connectivity index (χ1v) is 8.21. The fourth-order valence-electron chi connectivity index (χ4n) is 3.77. The number of anilines is 1. The Balaban J connectivity index is 1.76. The van der Waals surface area contributed by atoms with Crippen molar-refractivity contribution in [2.75, 3.05) is 5.32 Å². The number of benzene rings is 2. The summed E-state index contributed by atoms with van der Waals surface area (Å²) in [4.78, 5) is 0. The molecule has 0 fully saturated rings. The van der Waals surface area contributed by atoms with Crippen LogP contribution < -0.4 is 5.32 Å². The molecule has 0 spiro atoms. The van der Waals surface area contributed by atoms with Crippen LogP contribution in [0.2, 0.25) is 5.02 Å². The molecule has 1 nitrogen and oxygen atoms in total. The van der Waals surface area contributed by atoms with Crippen LogP contribution in [0.5, 0.6) is 0 Å². The monoisotopic (exact) mass is 349 g/mol. The lowest BCUT2D eigenvalue weighted by molar-refractivity contribution is -0.137. The summed E-state index contributed by atoms with van der Waals surface area (Å²) in [6.45, 7) is 0. The summed E-state index contributed by atoms with van der Waals surface area (Å²) in [5.74, 6) is 0.214. The first-order valence-electron chi connectivity index (χ1n) is 7.83. The van der Waals surface area contributed by atoms with Gasteiger partial charge in [-0.05, 0) is 53.8 Å². The number of hydrogen-bond donors (Lipinski definition) is 1. The maximum Gasteiger partial charge on any atom is 0.416 e. The second-order valence-electron chi connectivity index (χ2n) is 6.33. The topological polar surface area (TPSA) is 12.0 Å². The van der Waals surface area contributed by atoms with E-state index < -0.39 is 11.7 Å². The molecule has 3 atom stereocenters. The Morgan fingerprint density at radius 2 is 1.79 bits per heavy atom. The normalized spacial score (nSPS) is 25.1. The second kappa shape index (κ2) is 5.55. The molecule has 1 heterocycles. The van der Waals surface area contributed by atoms with E-state index in [1.54, 1.807) is 6.07 Å². The van der Waals surface area contributed by atoms with Crippen LogP contribution in [0.25, 0.3) is 0 Å². The molecule has 0 aromatic heterocycles. The zero-order valence-electron chi connectivity index (χ0n) is 12.6. The van der Waals surface area contributed by atoms with Crippen molar-refractivity contribution in [3.05, 3.63) is 76.3 Å². The number of rotatable bonds is 1. The molecule has 0 saturated carbocycles. The van der Waals surface area contributed by atoms with Crippen LogP contribution in [0.3, 0.4) is 0 Å². The Morgan fingerprint density at radius 1 is 1.04 bits per heavy atom. The molecule has 0 unspecified atom stereocenters. The Labute approximate surface area is 143 Å². The highest BCUT2D eigenvalue weighted by Crippen LogP contribution is 2.50. The molecule has 0 radical (unpaired) electrons. The maximum absolute atomic E-state index is 13.0. The molecule has 1 N–H and O–H groups in total. The predicted octanol–water partition coefficient (Wildman–Crippen LogP) is 6.19. The van der Waals surface area contributed by atoms with Crippen molar-refractivity contribution in [3.63, 3.8) is 0 Å². The Bertz CT molecular complexity index is 795. The molecule has 2 aliphatic rings. The average Bonchev–Trinajstić information content (AvgIpc) is 3.03. The molecule has 124 valence electrons. The van der Waals surface area contributed by atoms with E-state index in [2.05, 4.69) is 11.4 Å². The van der Waals surface area contributed by atoms with E-state index in [4.69, 9.17) is 11.6 Å². The van der Waals surface area contributed by atoms with Gasteiger partial charge in [-0.1, -0.05) is 35.9 Å². The smallest absolute Gasteiger partial charge is 0.378 e. The summed E-state index contributed by atoms with van der Waals surface area (Å²) in [5, 5.41) is 4.10. The van der Waals surface area contributed by atoms with Gasteiger partial charge in [0.1, 0.15) is 0 Å². The molecule has 0 bridgehead atoms. The van der Waals surface area contributed by atoms with Crippen LogP contribution in [0, 0.1) is 5.92 Å². The molecule has 5 heteroatoms. The summed E-state index contributed by atoms with van der Waals surface area (Å²) in [7, 11) is 0. The van der Waals surface area contributed by atoms with Gasteiger partial charge in [0, 0.05) is 16.6 Å². The van der Waals surface area contributed by atoms with Gasteiger partial charge in [-0.25, -0.2) is 0 Å². The zero-order valence-corrected chi connectivity index (χ0v) is 13.4. The standard InChI is InChI=1S/C19H15ClF3N/c20-13-7-4-11(5-8-13)18-15-3-1-2-14(15)16-10-12(19(21,22)23)6-9-17(16)24-18/h1-2,4-10,14-15,18,24H,3H2/t14-,15+,18-/m1/s1. The first-order chi connectivity index (χ1) is 11.4. The quantitative estimate of drug-likeness (QED) is 0.606. The number of alkyl halides is 3. The van der Waals surface area contributed by atoms with Crippen LogP contribution in [-0.4, -0.2) is 0 Å². The van der Waals surface area contributed by atoms with E-state index in [1.165, 1.54) is 6.07 Å². The summed E-state index contributed by atoms with van der Waals surface area (Å²) >= 11 is 5.96. The maximum atomic E-state index is 13.0. The van der Waals surface area contributed by atoms with Gasteiger partial charge >= 0.3 is 6.18 Å². The number of halogens is 4. The van der Waals surface area contributed by atoms with Crippen LogP contribution >= 0.6 is 11.6 Å². The highest BCUT2D eigenvalue weighted by molar-refractivity contribution is 6.30. The predicted molar refractivity (Wildman–Crippen MR) is 89.2 cm³/mol. The lowest BCUT2D eigenvalue weighted by atomic mass is 9.76. The number of fused-ring (bicyclic) bond motifs is 3. The Kier molecular flexibility index (Phi) is 3.61. The summed E-state index contributed by atoms with van der Waals surface area (Å²) < 4.78 is 39.1. The number of hydrogen-bond acceptors (Lipinski definition) is 1. The third-order valence-corrected chi connectivity index (χ3v) is 5.17. The van der Waals surface area contributed by atoms with Gasteiger partial charge in [-0.15, -0.1) is 0 Å². The number of allylic oxidation sites excluding steroid dienone is 2. The van der Waals surface area contributed by atoms with Crippen molar-refractivity contribution in [1.29, 1.82) is 0 Å². The first kappa shape index (κ1) is 15.6. The van der Waals surface area contributed by atoms with E-state index in [0.29, 0.717) is 5.02 Å². The van der Waals surface area contributed by atoms with Crippen molar-refractivity contribution in [2.45, 2.75) is 24.6 Å². The molecular formula is C19H15ClF3N. The minimum atomic E-state index is -4.32. The van der Waals surface area contributed by atoms with E-state index in [1.807, 2.05) is 30.3 Å². The van der Waals surface area contributed by atoms with Crippen molar-refractivity contribution >= 4 is 17.3 Å². The van der Waals surface area contributed by atoms with Gasteiger partial charge in [0.05, 0.1) is 11.6 Å². The van der Waals surface area contributed by atoms with Crippen molar-refractivity contribution in [3.8, 4) is 0 Å². The molecule has 1 aliphatic heterocycles. The van der Waals surface area contributed by atoms with Crippen LogP contribution in [0.15, 0.2) is 54.6 Å². The Hall–Kier alpha value is -1.94. The van der Waals surface area contributed by atoms with Gasteiger partial charge in [-0.2, -0.15) is 13.2 Å². The average molecular weight is 350 g/mol. The van der Waals surface area contributed by atoms with E-state index >= 15 is 0 Å². The molecule has 1 aliphatic carbocycles. The molecule has 4 rings (SSSR count). The van der Waals surface area contributed by atoms with Gasteiger partial charge < -0.3 is 5.32 Å². The highest BCUT2D eigenvalue weighted by atomic mass is 35.5. The molecule has 2 aromatic rings. The zero-order chi connectivity index (χ0) is 16.9. The lowest BCUT2D eigenvalue weighted by Gasteiger charge is -2.37. The van der Waals surface area contributed by atoms with Crippen molar-refractivity contribution < 1.29 is 13.2 Å². The fourth-order valence-corrected chi connectivity index (χ4v) is 3.90. The minimum absolute atomic E-state index is 0.00391. The second-order valence-corrected chi connectivity index (χ2v) is 6.76. The molecule has 0 saturated heterocycles. The van der Waals surface area contributed by atoms with Gasteiger partial charge in [-0.3, -0.25) is 0 Å². The van der Waals surface area contributed by atoms with Crippen molar-refractivity contribution in [2.24, 2.45) is 5.92 Å². The molecule has 0 amide bonds.